The van der Waals surface area contributed by atoms with Crippen molar-refractivity contribution in [3.8, 4) is 0 Å². The van der Waals surface area contributed by atoms with Crippen LogP contribution in [0.25, 0.3) is 0 Å². The van der Waals surface area contributed by atoms with Gasteiger partial charge in [0.2, 0.25) is 0 Å². The summed E-state index contributed by atoms with van der Waals surface area (Å²) in [6, 6.07) is 8.44. The monoisotopic (exact) mass is 268 g/mol. The first-order valence-corrected chi connectivity index (χ1v) is 6.42. The number of allylic oxidation sites excluding steroid dienone is 2. The average molecular weight is 268 g/mol. The Bertz CT molecular complexity index is 669. The van der Waals surface area contributed by atoms with Gasteiger partial charge in [0.15, 0.2) is 6.33 Å². The lowest BCUT2D eigenvalue weighted by molar-refractivity contribution is 0.640. The maximum Gasteiger partial charge on any atom is 0.164 e. The molecule has 102 valence electrons. The van der Waals surface area contributed by atoms with Crippen LogP contribution in [0, 0.1) is 0 Å². The Morgan fingerprint density at radius 3 is 2.75 bits per heavy atom. The summed E-state index contributed by atoms with van der Waals surface area (Å²) in [7, 11) is 2.07. The standard InChI is InChI=1S/C14H16N6/c1-14(2)11-6-4-5-7-12(11)19(3)13(14)8-9-16-20-10-15-17-18-20/h4-10H,1-3H3. The molecule has 0 N–H and O–H groups in total. The van der Waals surface area contributed by atoms with Crippen molar-refractivity contribution >= 4 is 11.9 Å². The number of hydrogen-bond donors (Lipinski definition) is 0. The first kappa shape index (κ1) is 12.5. The SMILES string of the molecule is CN1C(=CC=Nn2cnnn2)C(C)(C)c2ccccc21. The molecule has 2 heterocycles. The second-order valence-electron chi connectivity index (χ2n) is 5.25. The summed E-state index contributed by atoms with van der Waals surface area (Å²) >= 11 is 0. The Morgan fingerprint density at radius 1 is 1.25 bits per heavy atom. The molecule has 1 aliphatic heterocycles. The first-order valence-electron chi connectivity index (χ1n) is 6.42. The van der Waals surface area contributed by atoms with E-state index in [2.05, 4.69) is 70.7 Å². The Hall–Kier alpha value is -2.50. The van der Waals surface area contributed by atoms with Crippen LogP contribution in [0.3, 0.4) is 0 Å². The number of aromatic nitrogens is 4. The zero-order valence-corrected chi connectivity index (χ0v) is 11.7. The maximum absolute atomic E-state index is 4.15. The molecule has 0 saturated heterocycles. The number of tetrazole rings is 1. The fourth-order valence-electron chi connectivity index (χ4n) is 2.68. The molecule has 1 aromatic carbocycles. The van der Waals surface area contributed by atoms with Crippen molar-refractivity contribution in [3.05, 3.63) is 47.9 Å². The molecule has 0 atom stereocenters. The number of para-hydroxylation sites is 1. The molecule has 0 saturated carbocycles. The normalized spacial score (nSPS) is 18.9. The molecule has 0 bridgehead atoms. The Kier molecular flexibility index (Phi) is 2.85. The second-order valence-corrected chi connectivity index (χ2v) is 5.25. The van der Waals surface area contributed by atoms with Gasteiger partial charge in [-0.2, -0.15) is 5.10 Å². The Labute approximate surface area is 117 Å². The number of rotatable bonds is 2. The Morgan fingerprint density at radius 2 is 2.05 bits per heavy atom. The van der Waals surface area contributed by atoms with E-state index < -0.39 is 0 Å². The third-order valence-corrected chi connectivity index (χ3v) is 3.70. The van der Waals surface area contributed by atoms with Gasteiger partial charge >= 0.3 is 0 Å². The lowest BCUT2D eigenvalue weighted by atomic mass is 9.84. The van der Waals surface area contributed by atoms with E-state index in [1.807, 2.05) is 6.08 Å². The smallest absolute Gasteiger partial charge is 0.164 e. The van der Waals surface area contributed by atoms with Gasteiger partial charge in [0.1, 0.15) is 0 Å². The molecule has 6 nitrogen and oxygen atoms in total. The van der Waals surface area contributed by atoms with Crippen LogP contribution >= 0.6 is 0 Å². The predicted octanol–water partition coefficient (Wildman–Crippen LogP) is 1.82. The molecule has 0 fully saturated rings. The van der Waals surface area contributed by atoms with Crippen molar-refractivity contribution in [2.45, 2.75) is 19.3 Å². The lowest BCUT2D eigenvalue weighted by Gasteiger charge is -2.23. The molecule has 3 rings (SSSR count). The van der Waals surface area contributed by atoms with Crippen LogP contribution in [0.4, 0.5) is 5.69 Å². The molecule has 0 amide bonds. The molecule has 6 heteroatoms. The molecular weight excluding hydrogens is 252 g/mol. The van der Waals surface area contributed by atoms with E-state index in [1.54, 1.807) is 6.21 Å². The van der Waals surface area contributed by atoms with Gasteiger partial charge in [-0.15, -0.1) is 9.89 Å². The second kappa shape index (κ2) is 4.56. The largest absolute Gasteiger partial charge is 0.347 e. The summed E-state index contributed by atoms with van der Waals surface area (Å²) in [6.45, 7) is 4.43. The van der Waals surface area contributed by atoms with Crippen molar-refractivity contribution in [1.29, 1.82) is 0 Å². The van der Waals surface area contributed by atoms with Crippen LogP contribution in [-0.4, -0.2) is 33.6 Å². The fourth-order valence-corrected chi connectivity index (χ4v) is 2.68. The van der Waals surface area contributed by atoms with E-state index in [0.717, 1.165) is 0 Å². The minimum atomic E-state index is -0.0437. The number of anilines is 1. The van der Waals surface area contributed by atoms with E-state index >= 15 is 0 Å². The molecule has 0 radical (unpaired) electrons. The number of likely N-dealkylation sites (N-methyl/N-ethyl adjacent to an activating group) is 1. The number of nitrogens with zero attached hydrogens (tertiary/aromatic N) is 6. The van der Waals surface area contributed by atoms with Crippen molar-refractivity contribution in [2.24, 2.45) is 5.10 Å². The van der Waals surface area contributed by atoms with E-state index in [9.17, 15) is 0 Å². The topological polar surface area (TPSA) is 59.2 Å². The Balaban J connectivity index is 1.95. The molecule has 0 aliphatic carbocycles. The summed E-state index contributed by atoms with van der Waals surface area (Å²) in [5, 5.41) is 14.9. The van der Waals surface area contributed by atoms with Gasteiger partial charge in [-0.25, -0.2) is 0 Å². The van der Waals surface area contributed by atoms with Crippen LogP contribution in [0.2, 0.25) is 0 Å². The summed E-state index contributed by atoms with van der Waals surface area (Å²) in [5.74, 6) is 0. The molecule has 2 aromatic rings. The minimum absolute atomic E-state index is 0.0437. The summed E-state index contributed by atoms with van der Waals surface area (Å²) in [5.41, 5.74) is 3.71. The highest BCUT2D eigenvalue weighted by atomic mass is 15.6. The van der Waals surface area contributed by atoms with Gasteiger partial charge in [0.25, 0.3) is 0 Å². The van der Waals surface area contributed by atoms with Gasteiger partial charge in [-0.05, 0) is 28.1 Å². The summed E-state index contributed by atoms with van der Waals surface area (Å²) in [6.07, 6.45) is 5.17. The van der Waals surface area contributed by atoms with E-state index in [4.69, 9.17) is 0 Å². The van der Waals surface area contributed by atoms with Gasteiger partial charge in [0, 0.05) is 23.8 Å². The van der Waals surface area contributed by atoms with Crippen molar-refractivity contribution < 1.29 is 0 Å². The number of hydrogen-bond acceptors (Lipinski definition) is 5. The number of fused-ring (bicyclic) bond motifs is 1. The van der Waals surface area contributed by atoms with Crippen LogP contribution in [0.15, 0.2) is 47.5 Å². The third-order valence-electron chi connectivity index (χ3n) is 3.70. The van der Waals surface area contributed by atoms with Crippen LogP contribution in [0.1, 0.15) is 19.4 Å². The third kappa shape index (κ3) is 1.89. The zero-order valence-electron chi connectivity index (χ0n) is 11.7. The lowest BCUT2D eigenvalue weighted by Crippen LogP contribution is -2.23. The zero-order chi connectivity index (χ0) is 14.2. The maximum atomic E-state index is 4.15. The molecule has 0 spiro atoms. The van der Waals surface area contributed by atoms with Crippen LogP contribution < -0.4 is 4.90 Å². The highest BCUT2D eigenvalue weighted by molar-refractivity contribution is 5.79. The van der Waals surface area contributed by atoms with Gasteiger partial charge in [0.05, 0.1) is 6.21 Å². The van der Waals surface area contributed by atoms with E-state index in [-0.39, 0.29) is 5.41 Å². The van der Waals surface area contributed by atoms with Crippen molar-refractivity contribution in [2.75, 3.05) is 11.9 Å². The van der Waals surface area contributed by atoms with E-state index in [0.29, 0.717) is 0 Å². The van der Waals surface area contributed by atoms with Crippen LogP contribution in [-0.2, 0) is 5.41 Å². The number of benzene rings is 1. The van der Waals surface area contributed by atoms with Crippen LogP contribution in [0.5, 0.6) is 0 Å². The highest BCUT2D eigenvalue weighted by Gasteiger charge is 2.37. The molecule has 1 aromatic heterocycles. The van der Waals surface area contributed by atoms with E-state index in [1.165, 1.54) is 28.1 Å². The summed E-state index contributed by atoms with van der Waals surface area (Å²) in [4.78, 5) is 3.52. The molecule has 0 unspecified atom stereocenters. The van der Waals surface area contributed by atoms with Crippen molar-refractivity contribution in [3.63, 3.8) is 0 Å². The fraction of sp³-hybridized carbons (Fsp3) is 0.286. The van der Waals surface area contributed by atoms with Crippen molar-refractivity contribution in [1.82, 2.24) is 20.3 Å². The summed E-state index contributed by atoms with van der Waals surface area (Å²) < 4.78 is 0. The minimum Gasteiger partial charge on any atom is -0.347 e. The average Bonchev–Trinajstić information content (AvgIpc) is 3.01. The quantitative estimate of drug-likeness (QED) is 0.779. The van der Waals surface area contributed by atoms with Gasteiger partial charge in [-0.3, -0.25) is 0 Å². The molecular formula is C14H16N6. The predicted molar refractivity (Wildman–Crippen MR) is 77.7 cm³/mol. The van der Waals surface area contributed by atoms with Gasteiger partial charge in [-0.1, -0.05) is 32.0 Å². The molecule has 20 heavy (non-hydrogen) atoms. The van der Waals surface area contributed by atoms with Gasteiger partial charge < -0.3 is 4.90 Å². The molecule has 1 aliphatic rings. The highest BCUT2D eigenvalue weighted by Crippen LogP contribution is 2.46. The first-order chi connectivity index (χ1) is 9.60.